The molecular weight excluding hydrogens is 504 g/mol. The van der Waals surface area contributed by atoms with Crippen molar-refractivity contribution in [2.75, 3.05) is 44.9 Å². The van der Waals surface area contributed by atoms with Gasteiger partial charge in [0, 0.05) is 37.7 Å². The molecule has 3 atom stereocenters. The van der Waals surface area contributed by atoms with Gasteiger partial charge in [0.2, 0.25) is 11.8 Å². The van der Waals surface area contributed by atoms with Crippen molar-refractivity contribution in [3.63, 3.8) is 0 Å². The van der Waals surface area contributed by atoms with Gasteiger partial charge in [-0.05, 0) is 38.3 Å². The average Bonchev–Trinajstić information content (AvgIpc) is 2.85. The lowest BCUT2D eigenvalue weighted by atomic mass is 9.87. The smallest absolute Gasteiger partial charge is 0.306 e. The van der Waals surface area contributed by atoms with Gasteiger partial charge in [-0.3, -0.25) is 19.3 Å². The summed E-state index contributed by atoms with van der Waals surface area (Å²) in [7, 11) is 1.60. The second-order valence-corrected chi connectivity index (χ2v) is 11.2. The van der Waals surface area contributed by atoms with E-state index in [0.29, 0.717) is 31.2 Å². The molecule has 0 aromatic heterocycles. The first-order valence-corrected chi connectivity index (χ1v) is 13.3. The van der Waals surface area contributed by atoms with Gasteiger partial charge >= 0.3 is 5.97 Å². The summed E-state index contributed by atoms with van der Waals surface area (Å²) in [6.45, 7) is 12.9. The van der Waals surface area contributed by atoms with Crippen molar-refractivity contribution in [3.8, 4) is 5.75 Å². The Morgan fingerprint density at radius 2 is 1.72 bits per heavy atom. The van der Waals surface area contributed by atoms with Crippen molar-refractivity contribution in [1.29, 1.82) is 0 Å². The van der Waals surface area contributed by atoms with Crippen LogP contribution in [0.4, 0.5) is 5.69 Å². The number of carbonyl (C=O) groups excluding carboxylic acids is 2. The Morgan fingerprint density at radius 3 is 2.23 bits per heavy atom. The topological polar surface area (TPSA) is 169 Å². The van der Waals surface area contributed by atoms with Crippen molar-refractivity contribution in [2.24, 2.45) is 29.2 Å². The fourth-order valence-electron chi connectivity index (χ4n) is 4.08. The third-order valence-corrected chi connectivity index (χ3v) is 6.84. The van der Waals surface area contributed by atoms with Crippen molar-refractivity contribution < 1.29 is 34.1 Å². The van der Waals surface area contributed by atoms with E-state index in [1.54, 1.807) is 25.9 Å². The molecule has 2 amide bonds. The molecule has 11 heteroatoms. The lowest BCUT2D eigenvalue weighted by Crippen LogP contribution is -2.64. The number of primary amides is 1. The first kappa shape index (κ1) is 34.3. The van der Waals surface area contributed by atoms with Gasteiger partial charge in [0.1, 0.15) is 12.4 Å². The number of hydrogen-bond acceptors (Lipinski definition) is 8. The highest BCUT2D eigenvalue weighted by atomic mass is 16.5. The second kappa shape index (κ2) is 15.8. The molecule has 1 fully saturated rings. The number of methoxy groups -OCH3 is 1. The molecule has 0 spiro atoms. The molecule has 1 aliphatic heterocycles. The molecule has 6 N–H and O–H groups in total. The quantitative estimate of drug-likeness (QED) is 0.266. The molecule has 0 aliphatic carbocycles. The number of aliphatic hydroxyl groups excluding tert-OH is 1. The van der Waals surface area contributed by atoms with Gasteiger partial charge in [-0.1, -0.05) is 39.8 Å². The summed E-state index contributed by atoms with van der Waals surface area (Å²) in [6.07, 6.45) is -0.901. The van der Waals surface area contributed by atoms with Crippen LogP contribution >= 0.6 is 0 Å². The summed E-state index contributed by atoms with van der Waals surface area (Å²) >= 11 is 0. The lowest BCUT2D eigenvalue weighted by molar-refractivity contribution is -0.144. The number of rotatable bonds is 13. The number of para-hydroxylation sites is 2. The SMILES string of the molecule is CC(C)C(N)=O.COCCOc1ccccc1N1CC(C)(C)N(CC(N)C(O)CC(C(=O)O)C(C)C)CC1=O. The summed E-state index contributed by atoms with van der Waals surface area (Å²) in [5, 5.41) is 20.0. The molecule has 0 bridgehead atoms. The number of nitrogens with zero attached hydrogens (tertiary/aromatic N) is 2. The Balaban J connectivity index is 0.00000113. The first-order valence-electron chi connectivity index (χ1n) is 13.3. The molecule has 1 aromatic rings. The largest absolute Gasteiger partial charge is 0.489 e. The van der Waals surface area contributed by atoms with Crippen molar-refractivity contribution in [2.45, 2.75) is 65.6 Å². The zero-order valence-corrected chi connectivity index (χ0v) is 24.4. The first-order chi connectivity index (χ1) is 18.1. The van der Waals surface area contributed by atoms with E-state index in [4.69, 9.17) is 20.9 Å². The Morgan fingerprint density at radius 1 is 1.13 bits per heavy atom. The summed E-state index contributed by atoms with van der Waals surface area (Å²) in [5.74, 6) is -1.45. The molecule has 1 aromatic carbocycles. The number of carbonyl (C=O) groups is 3. The number of piperazine rings is 1. The van der Waals surface area contributed by atoms with Gasteiger partial charge in [0.05, 0.1) is 30.9 Å². The maximum atomic E-state index is 13.1. The minimum absolute atomic E-state index is 0.00926. The van der Waals surface area contributed by atoms with E-state index in [9.17, 15) is 24.6 Å². The number of anilines is 1. The highest BCUT2D eigenvalue weighted by Crippen LogP contribution is 2.33. The van der Waals surface area contributed by atoms with E-state index >= 15 is 0 Å². The van der Waals surface area contributed by atoms with Crippen LogP contribution in [-0.2, 0) is 19.1 Å². The Kier molecular flexibility index (Phi) is 13.9. The zero-order chi connectivity index (χ0) is 29.9. The summed E-state index contributed by atoms with van der Waals surface area (Å²) < 4.78 is 10.9. The molecule has 39 heavy (non-hydrogen) atoms. The molecule has 0 radical (unpaired) electrons. The maximum absolute atomic E-state index is 13.1. The van der Waals surface area contributed by atoms with E-state index in [1.165, 1.54) is 0 Å². The number of benzene rings is 1. The highest BCUT2D eigenvalue weighted by Gasteiger charge is 2.40. The molecule has 3 unspecified atom stereocenters. The summed E-state index contributed by atoms with van der Waals surface area (Å²) in [4.78, 5) is 38.2. The van der Waals surface area contributed by atoms with Crippen LogP contribution in [-0.4, -0.2) is 90.5 Å². The summed E-state index contributed by atoms with van der Waals surface area (Å²) in [5.41, 5.74) is 11.3. The van der Waals surface area contributed by atoms with Crippen LogP contribution in [0.5, 0.6) is 5.75 Å². The normalized spacial score (nSPS) is 17.8. The van der Waals surface area contributed by atoms with E-state index < -0.39 is 29.6 Å². The van der Waals surface area contributed by atoms with Gasteiger partial charge in [-0.25, -0.2) is 0 Å². The minimum Gasteiger partial charge on any atom is -0.489 e. The van der Waals surface area contributed by atoms with Crippen LogP contribution in [0.15, 0.2) is 24.3 Å². The molecule has 1 saturated heterocycles. The molecule has 1 aliphatic rings. The molecule has 0 saturated carbocycles. The van der Waals surface area contributed by atoms with E-state index in [0.717, 1.165) is 0 Å². The van der Waals surface area contributed by atoms with Crippen LogP contribution in [0.1, 0.15) is 48.0 Å². The van der Waals surface area contributed by atoms with E-state index in [-0.39, 0.29) is 43.2 Å². The summed E-state index contributed by atoms with van der Waals surface area (Å²) in [6, 6.07) is 6.75. The maximum Gasteiger partial charge on any atom is 0.306 e. The Labute approximate surface area is 232 Å². The standard InChI is InChI=1S/C24H39N3O6.C4H9NO/c1-16(2)17(23(30)31)12-20(28)18(25)13-26-14-22(29)27(15-24(26,3)4)19-8-6-7-9-21(19)33-11-10-32-5;1-3(2)4(5)6/h6-9,16-18,20,28H,10-15,25H2,1-5H3,(H,30,31);3H,1-2H3,(H2,5,6). The fourth-order valence-corrected chi connectivity index (χ4v) is 4.08. The monoisotopic (exact) mass is 552 g/mol. The Hall–Kier alpha value is -2.73. The number of hydrogen-bond donors (Lipinski definition) is 4. The average molecular weight is 553 g/mol. The number of nitrogens with two attached hydrogens (primary N) is 2. The molecule has 1 heterocycles. The Bertz CT molecular complexity index is 938. The minimum atomic E-state index is -0.979. The van der Waals surface area contributed by atoms with Crippen molar-refractivity contribution in [3.05, 3.63) is 24.3 Å². The van der Waals surface area contributed by atoms with E-state index in [1.807, 2.05) is 56.9 Å². The third-order valence-electron chi connectivity index (χ3n) is 6.84. The predicted molar refractivity (Wildman–Crippen MR) is 150 cm³/mol. The molecule has 11 nitrogen and oxygen atoms in total. The van der Waals surface area contributed by atoms with Gasteiger partial charge < -0.3 is 36.1 Å². The van der Waals surface area contributed by atoms with Crippen molar-refractivity contribution >= 4 is 23.5 Å². The van der Waals surface area contributed by atoms with E-state index in [2.05, 4.69) is 0 Å². The second-order valence-electron chi connectivity index (χ2n) is 11.2. The molecular formula is C28H48N4O7. The number of carboxylic acid groups (broad SMARTS) is 1. The third kappa shape index (κ3) is 10.7. The van der Waals surface area contributed by atoms with Crippen LogP contribution in [0.3, 0.4) is 0 Å². The van der Waals surface area contributed by atoms with Gasteiger partial charge in [-0.2, -0.15) is 0 Å². The number of carboxylic acids is 1. The number of amides is 2. The number of ether oxygens (including phenoxy) is 2. The van der Waals surface area contributed by atoms with Gasteiger partial charge in [0.15, 0.2) is 0 Å². The van der Waals surface area contributed by atoms with Gasteiger partial charge in [-0.15, -0.1) is 0 Å². The van der Waals surface area contributed by atoms with Crippen molar-refractivity contribution in [1.82, 2.24) is 4.90 Å². The molecule has 222 valence electrons. The highest BCUT2D eigenvalue weighted by molar-refractivity contribution is 5.97. The van der Waals surface area contributed by atoms with Crippen LogP contribution < -0.4 is 21.1 Å². The van der Waals surface area contributed by atoms with Crippen LogP contribution in [0.25, 0.3) is 0 Å². The predicted octanol–water partition coefficient (Wildman–Crippen LogP) is 1.70. The lowest BCUT2D eigenvalue weighted by Gasteiger charge is -2.48. The van der Waals surface area contributed by atoms with Crippen LogP contribution in [0, 0.1) is 17.8 Å². The molecule has 2 rings (SSSR count). The zero-order valence-electron chi connectivity index (χ0n) is 24.4. The van der Waals surface area contributed by atoms with Gasteiger partial charge in [0.25, 0.3) is 0 Å². The van der Waals surface area contributed by atoms with Crippen LogP contribution in [0.2, 0.25) is 0 Å². The number of aliphatic carboxylic acids is 1. The fraction of sp³-hybridized carbons (Fsp3) is 0.679. The number of aliphatic hydroxyl groups is 1.